The van der Waals surface area contributed by atoms with Crippen molar-refractivity contribution >= 4 is 0 Å². The first-order chi connectivity index (χ1) is 13.1. The van der Waals surface area contributed by atoms with Crippen molar-refractivity contribution in [3.63, 3.8) is 0 Å². The molecule has 0 fully saturated rings. The van der Waals surface area contributed by atoms with E-state index in [1.807, 2.05) is 19.4 Å². The maximum Gasteiger partial charge on any atom is 0.125 e. The van der Waals surface area contributed by atoms with Crippen LogP contribution in [0, 0.1) is 5.92 Å². The number of hydrogen-bond donors (Lipinski definition) is 0. The molecule has 0 N–H and O–H groups in total. The summed E-state index contributed by atoms with van der Waals surface area (Å²) in [7, 11) is 1.82. The molecule has 1 unspecified atom stereocenters. The van der Waals surface area contributed by atoms with Crippen molar-refractivity contribution in [2.24, 2.45) is 5.92 Å². The fourth-order valence-electron chi connectivity index (χ4n) is 3.73. The number of aryl methyl sites for hydroxylation is 1. The van der Waals surface area contributed by atoms with Crippen molar-refractivity contribution in [2.45, 2.75) is 85.0 Å². The second-order valence-electron chi connectivity index (χ2n) is 10.1. The Morgan fingerprint density at radius 2 is 1.71 bits per heavy atom. The van der Waals surface area contributed by atoms with Crippen LogP contribution in [-0.2, 0) is 23.7 Å². The van der Waals surface area contributed by atoms with Crippen molar-refractivity contribution < 1.29 is 4.74 Å². The lowest BCUT2D eigenvalue weighted by atomic mass is 9.78. The van der Waals surface area contributed by atoms with Gasteiger partial charge in [0.2, 0.25) is 0 Å². The maximum absolute atomic E-state index is 5.94. The molecule has 0 saturated heterocycles. The van der Waals surface area contributed by atoms with Gasteiger partial charge in [-0.05, 0) is 59.3 Å². The number of benzene rings is 1. The van der Waals surface area contributed by atoms with Crippen molar-refractivity contribution in [2.75, 3.05) is 7.11 Å². The number of nitrogens with zero attached hydrogens (tertiary/aromatic N) is 1. The molecule has 154 valence electrons. The van der Waals surface area contributed by atoms with Crippen LogP contribution in [0.4, 0.5) is 0 Å². The first-order valence-corrected chi connectivity index (χ1v) is 10.7. The Hall–Kier alpha value is -1.83. The topological polar surface area (TPSA) is 22.1 Å². The number of hydrogen-bond acceptors (Lipinski definition) is 2. The molecule has 0 saturated carbocycles. The zero-order valence-corrected chi connectivity index (χ0v) is 19.2. The predicted octanol–water partition coefficient (Wildman–Crippen LogP) is 6.89. The number of ether oxygens (including phenoxy) is 1. The molecule has 1 aromatic heterocycles. The molecule has 2 rings (SSSR count). The highest BCUT2D eigenvalue weighted by atomic mass is 16.5. The largest absolute Gasteiger partial charge is 0.496 e. The molecule has 1 heterocycles. The average molecular weight is 382 g/mol. The van der Waals surface area contributed by atoms with E-state index in [-0.39, 0.29) is 10.8 Å². The van der Waals surface area contributed by atoms with Crippen LogP contribution < -0.4 is 4.74 Å². The number of pyridine rings is 1. The van der Waals surface area contributed by atoms with Gasteiger partial charge in [-0.1, -0.05) is 73.1 Å². The standard InChI is InChI=1S/C26H39NO/c1-9-19(16-22-12-10-11-15-27-22)13-14-20-17-21(25(2,3)4)18-23(24(20)28-8)26(5,6)7/h10-12,15,17-19H,9,13-14,16H2,1-8H3. The minimum atomic E-state index is 0.0550. The van der Waals surface area contributed by atoms with Crippen molar-refractivity contribution in [1.29, 1.82) is 0 Å². The molecule has 0 aliphatic rings. The monoisotopic (exact) mass is 381 g/mol. The van der Waals surface area contributed by atoms with Gasteiger partial charge < -0.3 is 4.74 Å². The summed E-state index contributed by atoms with van der Waals surface area (Å²) in [5.41, 5.74) is 5.43. The fraction of sp³-hybridized carbons (Fsp3) is 0.577. The molecule has 1 aromatic carbocycles. The zero-order chi connectivity index (χ0) is 20.9. The van der Waals surface area contributed by atoms with Crippen LogP contribution in [0.2, 0.25) is 0 Å². The second kappa shape index (κ2) is 9.11. The molecule has 0 amide bonds. The molecular weight excluding hydrogens is 342 g/mol. The van der Waals surface area contributed by atoms with Gasteiger partial charge in [-0.15, -0.1) is 0 Å². The molecule has 0 bridgehead atoms. The SMILES string of the molecule is CCC(CCc1cc(C(C)(C)C)cc(C(C)(C)C)c1OC)Cc1ccccn1. The Balaban J connectivity index is 2.32. The van der Waals surface area contributed by atoms with Crippen LogP contribution in [0.1, 0.15) is 83.7 Å². The summed E-state index contributed by atoms with van der Waals surface area (Å²) < 4.78 is 5.94. The molecule has 0 aliphatic heterocycles. The Bertz CT molecular complexity index is 750. The van der Waals surface area contributed by atoms with Gasteiger partial charge in [0.05, 0.1) is 7.11 Å². The molecule has 0 radical (unpaired) electrons. The lowest BCUT2D eigenvalue weighted by Crippen LogP contribution is -2.19. The quantitative estimate of drug-likeness (QED) is 0.521. The maximum atomic E-state index is 5.94. The van der Waals surface area contributed by atoms with Gasteiger partial charge in [-0.3, -0.25) is 4.98 Å². The van der Waals surface area contributed by atoms with Gasteiger partial charge in [0, 0.05) is 17.5 Å². The van der Waals surface area contributed by atoms with Crippen LogP contribution in [0.15, 0.2) is 36.5 Å². The Kier molecular flexibility index (Phi) is 7.31. The molecule has 0 aliphatic carbocycles. The lowest BCUT2D eigenvalue weighted by molar-refractivity contribution is 0.386. The van der Waals surface area contributed by atoms with E-state index in [1.165, 1.54) is 28.8 Å². The Labute approximate surface area is 172 Å². The van der Waals surface area contributed by atoms with Crippen LogP contribution in [0.3, 0.4) is 0 Å². The van der Waals surface area contributed by atoms with Gasteiger partial charge in [0.15, 0.2) is 0 Å². The summed E-state index contributed by atoms with van der Waals surface area (Å²) in [4.78, 5) is 4.52. The zero-order valence-electron chi connectivity index (χ0n) is 19.2. The second-order valence-corrected chi connectivity index (χ2v) is 10.1. The van der Waals surface area contributed by atoms with E-state index in [0.29, 0.717) is 5.92 Å². The van der Waals surface area contributed by atoms with E-state index < -0.39 is 0 Å². The molecule has 2 heteroatoms. The van der Waals surface area contributed by atoms with E-state index in [0.717, 1.165) is 25.0 Å². The minimum Gasteiger partial charge on any atom is -0.496 e. The van der Waals surface area contributed by atoms with Gasteiger partial charge in [0.1, 0.15) is 5.75 Å². The van der Waals surface area contributed by atoms with Crippen molar-refractivity contribution in [3.8, 4) is 5.75 Å². The number of rotatable bonds is 7. The van der Waals surface area contributed by atoms with E-state index in [4.69, 9.17) is 4.74 Å². The lowest BCUT2D eigenvalue weighted by Gasteiger charge is -2.29. The van der Waals surface area contributed by atoms with Gasteiger partial charge in [-0.25, -0.2) is 0 Å². The van der Waals surface area contributed by atoms with Gasteiger partial charge >= 0.3 is 0 Å². The highest BCUT2D eigenvalue weighted by Gasteiger charge is 2.26. The molecule has 1 atom stereocenters. The summed E-state index contributed by atoms with van der Waals surface area (Å²) in [5.74, 6) is 1.71. The predicted molar refractivity (Wildman–Crippen MR) is 120 cm³/mol. The number of methoxy groups -OCH3 is 1. The number of aromatic nitrogens is 1. The van der Waals surface area contributed by atoms with Crippen LogP contribution in [0.25, 0.3) is 0 Å². The third kappa shape index (κ3) is 5.83. The van der Waals surface area contributed by atoms with Crippen molar-refractivity contribution in [1.82, 2.24) is 4.98 Å². The smallest absolute Gasteiger partial charge is 0.125 e. The third-order valence-corrected chi connectivity index (χ3v) is 5.67. The minimum absolute atomic E-state index is 0.0550. The van der Waals surface area contributed by atoms with E-state index in [2.05, 4.69) is 77.7 Å². The highest BCUT2D eigenvalue weighted by molar-refractivity contribution is 5.49. The first kappa shape index (κ1) is 22.5. The van der Waals surface area contributed by atoms with Crippen LogP contribution >= 0.6 is 0 Å². The Morgan fingerprint density at radius 1 is 1.00 bits per heavy atom. The van der Waals surface area contributed by atoms with Gasteiger partial charge in [0.25, 0.3) is 0 Å². The summed E-state index contributed by atoms with van der Waals surface area (Å²) in [6.07, 6.45) is 6.31. The normalized spacial score (nSPS) is 13.4. The average Bonchev–Trinajstić information content (AvgIpc) is 2.63. The van der Waals surface area contributed by atoms with Crippen LogP contribution in [0.5, 0.6) is 5.75 Å². The van der Waals surface area contributed by atoms with Gasteiger partial charge in [-0.2, -0.15) is 0 Å². The molecule has 0 spiro atoms. The molecule has 28 heavy (non-hydrogen) atoms. The highest BCUT2D eigenvalue weighted by Crippen LogP contribution is 2.39. The third-order valence-electron chi connectivity index (χ3n) is 5.67. The van der Waals surface area contributed by atoms with E-state index in [9.17, 15) is 0 Å². The summed E-state index contributed by atoms with van der Waals surface area (Å²) in [5, 5.41) is 0. The summed E-state index contributed by atoms with van der Waals surface area (Å²) in [6.45, 7) is 16.0. The van der Waals surface area contributed by atoms with E-state index in [1.54, 1.807) is 0 Å². The van der Waals surface area contributed by atoms with Crippen LogP contribution in [-0.4, -0.2) is 12.1 Å². The molecule has 2 nitrogen and oxygen atoms in total. The fourth-order valence-corrected chi connectivity index (χ4v) is 3.73. The van der Waals surface area contributed by atoms with Crippen molar-refractivity contribution in [3.05, 3.63) is 58.9 Å². The first-order valence-electron chi connectivity index (χ1n) is 10.7. The summed E-state index contributed by atoms with van der Waals surface area (Å²) in [6, 6.07) is 10.9. The Morgan fingerprint density at radius 3 is 2.21 bits per heavy atom. The summed E-state index contributed by atoms with van der Waals surface area (Å²) >= 11 is 0. The molecular formula is C26H39NO. The van der Waals surface area contributed by atoms with E-state index >= 15 is 0 Å². The molecule has 2 aromatic rings.